The first-order valence-electron chi connectivity index (χ1n) is 10.1. The first-order valence-corrected chi connectivity index (χ1v) is 11.6. The lowest BCUT2D eigenvalue weighted by Gasteiger charge is -2.14. The van der Waals surface area contributed by atoms with Crippen molar-refractivity contribution in [2.45, 2.75) is 24.3 Å². The van der Waals surface area contributed by atoms with Gasteiger partial charge in [0.2, 0.25) is 21.7 Å². The maximum absolute atomic E-state index is 12.4. The van der Waals surface area contributed by atoms with Gasteiger partial charge in [0.1, 0.15) is 5.76 Å². The van der Waals surface area contributed by atoms with Gasteiger partial charge < -0.3 is 23.9 Å². The summed E-state index contributed by atoms with van der Waals surface area (Å²) < 4.78 is 48.4. The van der Waals surface area contributed by atoms with Crippen LogP contribution in [0.5, 0.6) is 17.2 Å². The lowest BCUT2D eigenvalue weighted by atomic mass is 10.1. The molecule has 1 heterocycles. The van der Waals surface area contributed by atoms with E-state index in [1.165, 1.54) is 39.7 Å². The van der Waals surface area contributed by atoms with E-state index >= 15 is 0 Å². The summed E-state index contributed by atoms with van der Waals surface area (Å²) >= 11 is 0. The molecule has 2 aromatic carbocycles. The van der Waals surface area contributed by atoms with Gasteiger partial charge in [0.15, 0.2) is 11.5 Å². The quantitative estimate of drug-likeness (QED) is 0.438. The summed E-state index contributed by atoms with van der Waals surface area (Å²) in [5, 5.41) is 2.77. The number of amides is 1. The largest absolute Gasteiger partial charge is 0.493 e. The molecule has 0 saturated heterocycles. The third kappa shape index (κ3) is 6.27. The fourth-order valence-electron chi connectivity index (χ4n) is 3.14. The Hall–Kier alpha value is -3.50. The first-order chi connectivity index (χ1) is 15.9. The van der Waals surface area contributed by atoms with E-state index in [1.54, 1.807) is 36.4 Å². The molecule has 1 amide bonds. The molecule has 2 N–H and O–H groups in total. The Morgan fingerprint density at radius 2 is 1.64 bits per heavy atom. The van der Waals surface area contributed by atoms with E-state index in [9.17, 15) is 13.2 Å². The fraction of sp³-hybridized carbons (Fsp3) is 0.261. The molecule has 0 fully saturated rings. The standard InChI is InChI=1S/C23H26N2O7S/c1-29-20-13-16(14-21(30-2)23(20)31-3)6-11-22(26)25-17-7-9-19(10-8-17)33(27,28)24-15-18-5-4-12-32-18/h4-5,7-10,12-14,24H,6,11,15H2,1-3H3,(H,25,26). The number of furan rings is 1. The van der Waals surface area contributed by atoms with E-state index in [2.05, 4.69) is 10.0 Å². The van der Waals surface area contributed by atoms with Crippen LogP contribution in [-0.4, -0.2) is 35.7 Å². The molecule has 0 aliphatic rings. The number of ether oxygens (including phenoxy) is 3. The van der Waals surface area contributed by atoms with Gasteiger partial charge >= 0.3 is 0 Å². The second-order valence-corrected chi connectivity index (χ2v) is 8.78. The summed E-state index contributed by atoms with van der Waals surface area (Å²) in [5.41, 5.74) is 1.35. The van der Waals surface area contributed by atoms with Gasteiger partial charge in [-0.3, -0.25) is 4.79 Å². The van der Waals surface area contributed by atoms with Crippen molar-refractivity contribution in [1.82, 2.24) is 4.72 Å². The second kappa shape index (κ2) is 10.9. The maximum atomic E-state index is 12.4. The van der Waals surface area contributed by atoms with E-state index in [1.807, 2.05) is 0 Å². The molecule has 9 nitrogen and oxygen atoms in total. The van der Waals surface area contributed by atoms with Crippen molar-refractivity contribution in [1.29, 1.82) is 0 Å². The summed E-state index contributed by atoms with van der Waals surface area (Å²) in [6.07, 6.45) is 2.14. The van der Waals surface area contributed by atoms with Gasteiger partial charge in [-0.25, -0.2) is 13.1 Å². The molecular weight excluding hydrogens is 448 g/mol. The van der Waals surface area contributed by atoms with Crippen LogP contribution in [0.3, 0.4) is 0 Å². The Balaban J connectivity index is 1.57. The third-order valence-electron chi connectivity index (χ3n) is 4.83. The number of carbonyl (C=O) groups excluding carboxylic acids is 1. The highest BCUT2D eigenvalue weighted by molar-refractivity contribution is 7.89. The van der Waals surface area contributed by atoms with Crippen molar-refractivity contribution in [3.63, 3.8) is 0 Å². The molecule has 33 heavy (non-hydrogen) atoms. The van der Waals surface area contributed by atoms with Gasteiger partial charge in [-0.05, 0) is 60.5 Å². The van der Waals surface area contributed by atoms with E-state index in [4.69, 9.17) is 18.6 Å². The molecule has 0 aliphatic carbocycles. The molecule has 3 aromatic rings. The normalized spacial score (nSPS) is 11.1. The van der Waals surface area contributed by atoms with Gasteiger partial charge in [-0.1, -0.05) is 0 Å². The van der Waals surface area contributed by atoms with Crippen molar-refractivity contribution >= 4 is 21.6 Å². The summed E-state index contributed by atoms with van der Waals surface area (Å²) in [7, 11) is 0.887. The van der Waals surface area contributed by atoms with Crippen LogP contribution in [0.1, 0.15) is 17.7 Å². The first kappa shape index (κ1) is 24.1. The number of aryl methyl sites for hydroxylation is 1. The smallest absolute Gasteiger partial charge is 0.240 e. The Labute approximate surface area is 192 Å². The van der Waals surface area contributed by atoms with Gasteiger partial charge in [-0.15, -0.1) is 0 Å². The molecular formula is C23H26N2O7S. The predicted octanol–water partition coefficient (Wildman–Crippen LogP) is 3.36. The molecule has 10 heteroatoms. The van der Waals surface area contributed by atoms with Crippen LogP contribution in [0.25, 0.3) is 0 Å². The molecule has 3 rings (SSSR count). The van der Waals surface area contributed by atoms with Crippen LogP contribution in [0.4, 0.5) is 5.69 Å². The lowest BCUT2D eigenvalue weighted by Crippen LogP contribution is -2.23. The summed E-state index contributed by atoms with van der Waals surface area (Å²) in [6.45, 7) is 0.0503. The fourth-order valence-corrected chi connectivity index (χ4v) is 4.13. The number of hydrogen-bond acceptors (Lipinski definition) is 7. The zero-order chi connectivity index (χ0) is 23.8. The van der Waals surface area contributed by atoms with Gasteiger partial charge in [0.05, 0.1) is 39.0 Å². The predicted molar refractivity (Wildman–Crippen MR) is 122 cm³/mol. The van der Waals surface area contributed by atoms with Crippen molar-refractivity contribution in [2.75, 3.05) is 26.6 Å². The number of hydrogen-bond donors (Lipinski definition) is 2. The van der Waals surface area contributed by atoms with Crippen LogP contribution >= 0.6 is 0 Å². The van der Waals surface area contributed by atoms with Crippen LogP contribution in [-0.2, 0) is 27.8 Å². The zero-order valence-electron chi connectivity index (χ0n) is 18.6. The van der Waals surface area contributed by atoms with E-state index in [0.717, 1.165) is 5.56 Å². The monoisotopic (exact) mass is 474 g/mol. The van der Waals surface area contributed by atoms with Gasteiger partial charge in [0, 0.05) is 12.1 Å². The number of sulfonamides is 1. The van der Waals surface area contributed by atoms with Crippen molar-refractivity contribution in [3.05, 3.63) is 66.1 Å². The van der Waals surface area contributed by atoms with Crippen LogP contribution in [0.15, 0.2) is 64.1 Å². The second-order valence-electron chi connectivity index (χ2n) is 7.01. The summed E-state index contributed by atoms with van der Waals surface area (Å²) in [6, 6.07) is 12.9. The van der Waals surface area contributed by atoms with Crippen molar-refractivity contribution in [2.24, 2.45) is 0 Å². The number of benzene rings is 2. The zero-order valence-corrected chi connectivity index (χ0v) is 19.4. The Morgan fingerprint density at radius 1 is 0.970 bits per heavy atom. The molecule has 0 unspecified atom stereocenters. The topological polar surface area (TPSA) is 116 Å². The van der Waals surface area contributed by atoms with E-state index < -0.39 is 10.0 Å². The number of anilines is 1. The SMILES string of the molecule is COc1cc(CCC(=O)Nc2ccc(S(=O)(=O)NCc3ccco3)cc2)cc(OC)c1OC. The number of rotatable bonds is 11. The minimum atomic E-state index is -3.70. The Kier molecular flexibility index (Phi) is 7.96. The lowest BCUT2D eigenvalue weighted by molar-refractivity contribution is -0.116. The number of nitrogens with one attached hydrogen (secondary N) is 2. The third-order valence-corrected chi connectivity index (χ3v) is 6.25. The van der Waals surface area contributed by atoms with Gasteiger partial charge in [0.25, 0.3) is 0 Å². The van der Waals surface area contributed by atoms with Gasteiger partial charge in [-0.2, -0.15) is 0 Å². The van der Waals surface area contributed by atoms with E-state index in [-0.39, 0.29) is 23.8 Å². The average molecular weight is 475 g/mol. The molecule has 0 saturated carbocycles. The number of methoxy groups -OCH3 is 3. The van der Waals surface area contributed by atoms with Crippen LogP contribution in [0.2, 0.25) is 0 Å². The molecule has 0 radical (unpaired) electrons. The van der Waals surface area contributed by atoms with Crippen molar-refractivity contribution in [3.8, 4) is 17.2 Å². The summed E-state index contributed by atoms with van der Waals surface area (Å²) in [5.74, 6) is 1.82. The summed E-state index contributed by atoms with van der Waals surface area (Å²) in [4.78, 5) is 12.5. The highest BCUT2D eigenvalue weighted by Crippen LogP contribution is 2.38. The Morgan fingerprint density at radius 3 is 2.18 bits per heavy atom. The highest BCUT2D eigenvalue weighted by Gasteiger charge is 2.16. The maximum Gasteiger partial charge on any atom is 0.240 e. The molecule has 1 aromatic heterocycles. The minimum absolute atomic E-state index is 0.0503. The van der Waals surface area contributed by atoms with Crippen molar-refractivity contribution < 1.29 is 31.8 Å². The minimum Gasteiger partial charge on any atom is -0.493 e. The van der Waals surface area contributed by atoms with Crippen LogP contribution in [0, 0.1) is 0 Å². The van der Waals surface area contributed by atoms with Crippen LogP contribution < -0.4 is 24.2 Å². The number of carbonyl (C=O) groups is 1. The molecule has 0 atom stereocenters. The van der Waals surface area contributed by atoms with E-state index in [0.29, 0.717) is 35.1 Å². The Bertz CT molecular complexity index is 1150. The molecule has 0 bridgehead atoms. The highest BCUT2D eigenvalue weighted by atomic mass is 32.2. The molecule has 0 aliphatic heterocycles. The molecule has 176 valence electrons. The molecule has 0 spiro atoms. The average Bonchev–Trinajstić information content (AvgIpc) is 3.35.